The van der Waals surface area contributed by atoms with E-state index in [2.05, 4.69) is 23.3 Å². The molecule has 0 aliphatic carbocycles. The Morgan fingerprint density at radius 1 is 1.21 bits per heavy atom. The van der Waals surface area contributed by atoms with Gasteiger partial charge in [0.1, 0.15) is 6.61 Å². The van der Waals surface area contributed by atoms with Gasteiger partial charge in [-0.25, -0.2) is 4.79 Å². The van der Waals surface area contributed by atoms with Crippen molar-refractivity contribution in [3.8, 4) is 10.4 Å². The Hall–Kier alpha value is -2.81. The van der Waals surface area contributed by atoms with E-state index in [0.717, 1.165) is 16.1 Å². The minimum Gasteiger partial charge on any atom is -0.448 e. The van der Waals surface area contributed by atoms with E-state index in [-0.39, 0.29) is 0 Å². The summed E-state index contributed by atoms with van der Waals surface area (Å²) in [5.41, 5.74) is 9.38. The van der Waals surface area contributed by atoms with E-state index in [0.29, 0.717) is 29.5 Å². The van der Waals surface area contributed by atoms with Crippen LogP contribution in [0.25, 0.3) is 16.1 Å². The highest BCUT2D eigenvalue weighted by Crippen LogP contribution is 2.33. The number of benzene rings is 1. The number of nitrogens with two attached hydrogens (primary N) is 1. The summed E-state index contributed by atoms with van der Waals surface area (Å²) in [6, 6.07) is 13.7. The summed E-state index contributed by atoms with van der Waals surface area (Å²) in [7, 11) is 3.85. The summed E-state index contributed by atoms with van der Waals surface area (Å²) in [5.74, 6) is 0. The number of hydrogen-bond donors (Lipinski definition) is 3. The summed E-state index contributed by atoms with van der Waals surface area (Å²) in [6.07, 6.45) is -0.466. The molecule has 0 fully saturated rings. The monoisotopic (exact) mass is 428 g/mol. The number of hydrogen-bond acceptors (Lipinski definition) is 7. The number of anilines is 3. The molecule has 0 spiro atoms. The van der Waals surface area contributed by atoms with Crippen molar-refractivity contribution in [1.82, 2.24) is 4.90 Å². The second kappa shape index (κ2) is 9.60. The zero-order valence-electron chi connectivity index (χ0n) is 16.4. The zero-order valence-corrected chi connectivity index (χ0v) is 18.0. The highest BCUT2D eigenvalue weighted by atomic mass is 32.1. The third kappa shape index (κ3) is 5.83. The van der Waals surface area contributed by atoms with E-state index in [1.165, 1.54) is 16.2 Å². The Balaban J connectivity index is 1.62. The molecule has 0 radical (unpaired) electrons. The number of amides is 1. The second-order valence-corrected chi connectivity index (χ2v) is 8.64. The van der Waals surface area contributed by atoms with Crippen LogP contribution in [0.2, 0.25) is 0 Å². The van der Waals surface area contributed by atoms with Crippen molar-refractivity contribution in [2.75, 3.05) is 43.6 Å². The van der Waals surface area contributed by atoms with Gasteiger partial charge in [-0.15, -0.1) is 22.7 Å². The van der Waals surface area contributed by atoms with Crippen molar-refractivity contribution in [2.45, 2.75) is 0 Å². The van der Waals surface area contributed by atoms with Gasteiger partial charge in [-0.3, -0.25) is 5.32 Å². The Kier molecular flexibility index (Phi) is 6.92. The lowest BCUT2D eigenvalue weighted by Crippen LogP contribution is -2.22. The number of nitrogens with one attached hydrogen (secondary N) is 2. The first-order valence-corrected chi connectivity index (χ1v) is 10.7. The predicted octanol–water partition coefficient (Wildman–Crippen LogP) is 5.25. The number of nitrogen functional groups attached to an aromatic ring is 1. The first-order valence-electron chi connectivity index (χ1n) is 9.00. The van der Waals surface area contributed by atoms with Crippen molar-refractivity contribution in [3.05, 3.63) is 59.3 Å². The smallest absolute Gasteiger partial charge is 0.412 e. The quantitative estimate of drug-likeness (QED) is 0.427. The maximum atomic E-state index is 11.9. The summed E-state index contributed by atoms with van der Waals surface area (Å²) in [6.45, 7) is 5.13. The van der Waals surface area contributed by atoms with E-state index in [4.69, 9.17) is 10.5 Å². The van der Waals surface area contributed by atoms with Gasteiger partial charge in [-0.2, -0.15) is 0 Å². The van der Waals surface area contributed by atoms with Gasteiger partial charge < -0.3 is 20.7 Å². The molecule has 0 bridgehead atoms. The largest absolute Gasteiger partial charge is 0.448 e. The summed E-state index contributed by atoms with van der Waals surface area (Å²) in [4.78, 5) is 15.9. The fraction of sp³-hybridized carbons (Fsp3) is 0.190. The van der Waals surface area contributed by atoms with Gasteiger partial charge in [0.25, 0.3) is 0 Å². The number of carbonyl (C=O) groups is 1. The number of thiophene rings is 2. The van der Waals surface area contributed by atoms with Gasteiger partial charge in [0.15, 0.2) is 0 Å². The molecular formula is C21H24N4O2S2. The average Bonchev–Trinajstić information content (AvgIpc) is 3.35. The molecule has 152 valence electrons. The van der Waals surface area contributed by atoms with E-state index >= 15 is 0 Å². The SMILES string of the molecule is C=C(Nc1cc(-c2cccs2)ccc1N)c1ccc(NC(=O)OCCN(C)C)s1. The Morgan fingerprint density at radius 2 is 2.03 bits per heavy atom. The molecule has 0 unspecified atom stereocenters. The van der Waals surface area contributed by atoms with Gasteiger partial charge in [0.2, 0.25) is 0 Å². The third-order valence-corrected chi connectivity index (χ3v) is 6.02. The normalized spacial score (nSPS) is 10.7. The molecule has 0 aliphatic heterocycles. The van der Waals surface area contributed by atoms with Crippen LogP contribution in [-0.2, 0) is 4.74 Å². The van der Waals surface area contributed by atoms with Crippen LogP contribution < -0.4 is 16.4 Å². The number of likely N-dealkylation sites (N-methyl/N-ethyl adjacent to an activating group) is 1. The molecule has 1 aromatic carbocycles. The van der Waals surface area contributed by atoms with Gasteiger partial charge >= 0.3 is 6.09 Å². The van der Waals surface area contributed by atoms with Gasteiger partial charge in [0, 0.05) is 17.1 Å². The molecule has 29 heavy (non-hydrogen) atoms. The molecule has 0 saturated carbocycles. The Morgan fingerprint density at radius 3 is 2.76 bits per heavy atom. The molecular weight excluding hydrogens is 404 g/mol. The third-order valence-electron chi connectivity index (χ3n) is 4.04. The van der Waals surface area contributed by atoms with Crippen molar-refractivity contribution in [3.63, 3.8) is 0 Å². The second-order valence-electron chi connectivity index (χ2n) is 6.61. The molecule has 0 atom stereocenters. The minimum atomic E-state index is -0.466. The number of rotatable bonds is 8. The number of carbonyl (C=O) groups excluding carboxylic acids is 1. The first-order chi connectivity index (χ1) is 13.9. The minimum absolute atomic E-state index is 0.338. The standard InChI is InChI=1S/C21H24N4O2S2/c1-14(18-8-9-20(29-18)24-21(26)27-11-10-25(2)3)23-17-13-15(6-7-16(17)22)19-5-4-12-28-19/h4-9,12-13,23H,1,10-11,22H2,2-3H3,(H,24,26). The fourth-order valence-electron chi connectivity index (χ4n) is 2.51. The number of nitrogens with zero attached hydrogens (tertiary/aromatic N) is 1. The van der Waals surface area contributed by atoms with Crippen molar-refractivity contribution in [1.29, 1.82) is 0 Å². The topological polar surface area (TPSA) is 79.6 Å². The highest BCUT2D eigenvalue weighted by molar-refractivity contribution is 7.17. The van der Waals surface area contributed by atoms with Gasteiger partial charge in [0.05, 0.1) is 21.3 Å². The van der Waals surface area contributed by atoms with Crippen LogP contribution in [-0.4, -0.2) is 38.2 Å². The Labute approximate surface area is 178 Å². The van der Waals surface area contributed by atoms with E-state index in [9.17, 15) is 4.79 Å². The molecule has 0 aliphatic rings. The summed E-state index contributed by atoms with van der Waals surface area (Å²) < 4.78 is 5.15. The molecule has 3 aromatic rings. The fourth-order valence-corrected chi connectivity index (χ4v) is 4.05. The first kappa shape index (κ1) is 20.9. The van der Waals surface area contributed by atoms with E-state index in [1.807, 2.05) is 60.8 Å². The molecule has 2 heterocycles. The number of ether oxygens (including phenoxy) is 1. The lowest BCUT2D eigenvalue weighted by atomic mass is 10.1. The van der Waals surface area contributed by atoms with Crippen LogP contribution in [0.1, 0.15) is 4.88 Å². The lowest BCUT2D eigenvalue weighted by Gasteiger charge is -2.12. The molecule has 0 saturated heterocycles. The van der Waals surface area contributed by atoms with Gasteiger partial charge in [-0.1, -0.05) is 18.7 Å². The molecule has 1 amide bonds. The average molecular weight is 429 g/mol. The molecule has 6 nitrogen and oxygen atoms in total. The molecule has 3 rings (SSSR count). The van der Waals surface area contributed by atoms with Crippen molar-refractivity contribution in [2.24, 2.45) is 0 Å². The summed E-state index contributed by atoms with van der Waals surface area (Å²) in [5, 5.41) is 8.77. The van der Waals surface area contributed by atoms with E-state index in [1.54, 1.807) is 11.3 Å². The van der Waals surface area contributed by atoms with E-state index < -0.39 is 6.09 Å². The van der Waals surface area contributed by atoms with Crippen LogP contribution in [0.3, 0.4) is 0 Å². The zero-order chi connectivity index (χ0) is 20.8. The highest BCUT2D eigenvalue weighted by Gasteiger charge is 2.10. The molecule has 8 heteroatoms. The van der Waals surface area contributed by atoms with Crippen molar-refractivity contribution < 1.29 is 9.53 Å². The van der Waals surface area contributed by atoms with Crippen LogP contribution in [0.4, 0.5) is 21.2 Å². The summed E-state index contributed by atoms with van der Waals surface area (Å²) >= 11 is 3.09. The molecule has 2 aromatic heterocycles. The predicted molar refractivity (Wildman–Crippen MR) is 125 cm³/mol. The van der Waals surface area contributed by atoms with Crippen LogP contribution >= 0.6 is 22.7 Å². The van der Waals surface area contributed by atoms with Crippen LogP contribution in [0.5, 0.6) is 0 Å². The van der Waals surface area contributed by atoms with Crippen molar-refractivity contribution >= 4 is 50.8 Å². The Bertz CT molecular complexity index is 980. The van der Waals surface area contributed by atoms with Crippen LogP contribution in [0, 0.1) is 0 Å². The lowest BCUT2D eigenvalue weighted by molar-refractivity contribution is 0.151. The van der Waals surface area contributed by atoms with Crippen LogP contribution in [0.15, 0.2) is 54.4 Å². The molecule has 4 N–H and O–H groups in total. The maximum absolute atomic E-state index is 11.9. The maximum Gasteiger partial charge on any atom is 0.412 e. The van der Waals surface area contributed by atoms with Gasteiger partial charge in [-0.05, 0) is 55.4 Å².